The number of benzene rings is 3. The van der Waals surface area contributed by atoms with Crippen LogP contribution in [-0.4, -0.2) is 33.3 Å². The maximum absolute atomic E-state index is 13.3. The Labute approximate surface area is 215 Å². The Hall–Kier alpha value is -3.95. The minimum atomic E-state index is -0.146. The van der Waals surface area contributed by atoms with Gasteiger partial charge in [0.25, 0.3) is 5.56 Å². The van der Waals surface area contributed by atoms with Gasteiger partial charge in [-0.3, -0.25) is 14.2 Å². The number of rotatable bonds is 8. The van der Waals surface area contributed by atoms with Crippen molar-refractivity contribution in [2.24, 2.45) is 0 Å². The summed E-state index contributed by atoms with van der Waals surface area (Å²) in [6.45, 7) is 0. The number of thiazole rings is 1. The van der Waals surface area contributed by atoms with Crippen LogP contribution in [0, 0.1) is 0 Å². The van der Waals surface area contributed by atoms with Crippen molar-refractivity contribution in [2.75, 3.05) is 18.2 Å². The van der Waals surface area contributed by atoms with E-state index in [1.54, 1.807) is 17.7 Å². The number of hydrogen-bond acceptors (Lipinski definition) is 7. The Kier molecular flexibility index (Phi) is 7.11. The van der Waals surface area contributed by atoms with Gasteiger partial charge in [-0.1, -0.05) is 42.1 Å². The lowest BCUT2D eigenvalue weighted by Crippen LogP contribution is -2.22. The van der Waals surface area contributed by atoms with Crippen molar-refractivity contribution in [3.8, 4) is 22.7 Å². The number of carbonyl (C=O) groups excluding carboxylic acids is 1. The lowest BCUT2D eigenvalue weighted by Gasteiger charge is -2.13. The van der Waals surface area contributed by atoms with Gasteiger partial charge in [0, 0.05) is 23.1 Å². The molecule has 7 nitrogen and oxygen atoms in total. The van der Waals surface area contributed by atoms with Gasteiger partial charge in [-0.05, 0) is 48.5 Å². The number of amides is 1. The maximum atomic E-state index is 13.3. The third-order valence-electron chi connectivity index (χ3n) is 5.46. The monoisotopic (exact) mass is 514 g/mol. The van der Waals surface area contributed by atoms with E-state index in [0.717, 1.165) is 22.7 Å². The second-order valence-electron chi connectivity index (χ2n) is 7.80. The van der Waals surface area contributed by atoms with Gasteiger partial charge in [-0.15, -0.1) is 11.3 Å². The van der Waals surface area contributed by atoms with Crippen molar-refractivity contribution >= 4 is 45.0 Å². The van der Waals surface area contributed by atoms with Crippen molar-refractivity contribution in [2.45, 2.75) is 11.6 Å². The van der Waals surface area contributed by atoms with Gasteiger partial charge in [0.1, 0.15) is 5.75 Å². The summed E-state index contributed by atoms with van der Waals surface area (Å²) in [7, 11) is 1.63. The average molecular weight is 515 g/mol. The molecule has 0 spiro atoms. The summed E-state index contributed by atoms with van der Waals surface area (Å²) in [5, 5.41) is 6.42. The molecule has 0 aliphatic carbocycles. The quantitative estimate of drug-likeness (QED) is 0.213. The van der Waals surface area contributed by atoms with Crippen LogP contribution in [0.4, 0.5) is 5.13 Å². The second kappa shape index (κ2) is 10.8. The molecule has 2 heterocycles. The van der Waals surface area contributed by atoms with E-state index in [1.165, 1.54) is 23.1 Å². The Morgan fingerprint density at radius 3 is 2.53 bits per heavy atom. The van der Waals surface area contributed by atoms with Gasteiger partial charge in [0.15, 0.2) is 10.3 Å². The third kappa shape index (κ3) is 5.17. The smallest absolute Gasteiger partial charge is 0.266 e. The summed E-state index contributed by atoms with van der Waals surface area (Å²) in [5.41, 5.74) is 2.98. The summed E-state index contributed by atoms with van der Waals surface area (Å²) >= 11 is 2.75. The molecule has 0 radical (unpaired) electrons. The van der Waals surface area contributed by atoms with Gasteiger partial charge in [-0.2, -0.15) is 0 Å². The molecule has 36 heavy (non-hydrogen) atoms. The Morgan fingerprint density at radius 2 is 1.75 bits per heavy atom. The van der Waals surface area contributed by atoms with Gasteiger partial charge < -0.3 is 10.1 Å². The van der Waals surface area contributed by atoms with Crippen LogP contribution in [0.1, 0.15) is 6.42 Å². The summed E-state index contributed by atoms with van der Waals surface area (Å²) < 4.78 is 6.80. The second-order valence-corrected chi connectivity index (χ2v) is 9.72. The summed E-state index contributed by atoms with van der Waals surface area (Å²) in [6, 6.07) is 24.3. The number of para-hydroxylation sites is 2. The Bertz CT molecular complexity index is 1560. The molecule has 0 aliphatic rings. The fourth-order valence-electron chi connectivity index (χ4n) is 3.66. The number of methoxy groups -OCH3 is 1. The number of fused-ring (bicyclic) bond motifs is 1. The van der Waals surface area contributed by atoms with E-state index in [2.05, 4.69) is 10.3 Å². The molecule has 0 fully saturated rings. The van der Waals surface area contributed by atoms with Crippen LogP contribution in [0.3, 0.4) is 0 Å². The molecule has 0 atom stereocenters. The van der Waals surface area contributed by atoms with E-state index in [0.29, 0.717) is 26.9 Å². The fourth-order valence-corrected chi connectivity index (χ4v) is 5.34. The van der Waals surface area contributed by atoms with Gasteiger partial charge in [-0.25, -0.2) is 9.97 Å². The highest BCUT2D eigenvalue weighted by Crippen LogP contribution is 2.27. The zero-order valence-electron chi connectivity index (χ0n) is 19.4. The molecule has 180 valence electrons. The lowest BCUT2D eigenvalue weighted by atomic mass is 10.2. The first-order chi connectivity index (χ1) is 17.6. The number of nitrogens with zero attached hydrogens (tertiary/aromatic N) is 3. The number of hydrogen-bond donors (Lipinski definition) is 1. The first kappa shape index (κ1) is 23.8. The molecular formula is C27H22N4O3S2. The molecule has 0 aliphatic heterocycles. The average Bonchev–Trinajstić information content (AvgIpc) is 3.38. The SMILES string of the molecule is COc1ccc(-c2csc(NC(=O)CCSc3nc4ccccc4c(=O)n3-c3ccccc3)n2)cc1. The molecule has 0 saturated heterocycles. The topological polar surface area (TPSA) is 86.1 Å². The molecule has 0 unspecified atom stereocenters. The minimum absolute atomic E-state index is 0.132. The van der Waals surface area contributed by atoms with Crippen molar-refractivity contribution in [1.29, 1.82) is 0 Å². The van der Waals surface area contributed by atoms with Crippen molar-refractivity contribution in [3.63, 3.8) is 0 Å². The van der Waals surface area contributed by atoms with Crippen LogP contribution in [0.15, 0.2) is 94.2 Å². The highest BCUT2D eigenvalue weighted by Gasteiger charge is 2.14. The van der Waals surface area contributed by atoms with Crippen molar-refractivity contribution in [3.05, 3.63) is 94.6 Å². The number of ether oxygens (including phenoxy) is 1. The molecule has 1 N–H and O–H groups in total. The summed E-state index contributed by atoms with van der Waals surface area (Å²) in [4.78, 5) is 35.1. The van der Waals surface area contributed by atoms with Crippen LogP contribution < -0.4 is 15.6 Å². The first-order valence-corrected chi connectivity index (χ1v) is 13.1. The molecule has 0 bridgehead atoms. The minimum Gasteiger partial charge on any atom is -0.497 e. The van der Waals surface area contributed by atoms with Crippen LogP contribution in [0.5, 0.6) is 5.75 Å². The zero-order chi connectivity index (χ0) is 24.9. The molecular weight excluding hydrogens is 492 g/mol. The molecule has 3 aromatic carbocycles. The highest BCUT2D eigenvalue weighted by atomic mass is 32.2. The predicted molar refractivity (Wildman–Crippen MR) is 145 cm³/mol. The number of carbonyl (C=O) groups is 1. The summed E-state index contributed by atoms with van der Waals surface area (Å²) in [5.74, 6) is 1.09. The Balaban J connectivity index is 1.27. The molecule has 5 rings (SSSR count). The van der Waals surface area contributed by atoms with E-state index in [4.69, 9.17) is 9.72 Å². The van der Waals surface area contributed by atoms with Crippen molar-refractivity contribution in [1.82, 2.24) is 14.5 Å². The fraction of sp³-hybridized carbons (Fsp3) is 0.111. The van der Waals surface area contributed by atoms with E-state index < -0.39 is 0 Å². The van der Waals surface area contributed by atoms with Gasteiger partial charge in [0.2, 0.25) is 5.91 Å². The standard InChI is InChI=1S/C27H22N4O3S2/c1-34-20-13-11-18(12-14-20)23-17-36-26(28-23)30-24(32)15-16-35-27-29-22-10-6-5-9-21(22)25(33)31(27)19-7-3-2-4-8-19/h2-14,17H,15-16H2,1H3,(H,28,30,32). The zero-order valence-corrected chi connectivity index (χ0v) is 21.0. The molecule has 2 aromatic heterocycles. The van der Waals surface area contributed by atoms with Crippen LogP contribution in [-0.2, 0) is 4.79 Å². The first-order valence-electron chi connectivity index (χ1n) is 11.2. The molecule has 9 heteroatoms. The normalized spacial score (nSPS) is 10.9. The van der Waals surface area contributed by atoms with Crippen LogP contribution in [0.25, 0.3) is 27.8 Å². The van der Waals surface area contributed by atoms with Gasteiger partial charge >= 0.3 is 0 Å². The largest absolute Gasteiger partial charge is 0.497 e. The van der Waals surface area contributed by atoms with Crippen molar-refractivity contribution < 1.29 is 9.53 Å². The number of aromatic nitrogens is 3. The number of anilines is 1. The molecule has 1 amide bonds. The third-order valence-corrected chi connectivity index (χ3v) is 7.15. The summed E-state index contributed by atoms with van der Waals surface area (Å²) in [6.07, 6.45) is 0.250. The highest BCUT2D eigenvalue weighted by molar-refractivity contribution is 7.99. The van der Waals surface area contributed by atoms with E-state index in [9.17, 15) is 9.59 Å². The number of nitrogens with one attached hydrogen (secondary N) is 1. The van der Waals surface area contributed by atoms with Gasteiger partial charge in [0.05, 0.1) is 29.4 Å². The Morgan fingerprint density at radius 1 is 1.00 bits per heavy atom. The maximum Gasteiger partial charge on any atom is 0.266 e. The molecule has 5 aromatic rings. The lowest BCUT2D eigenvalue weighted by molar-refractivity contribution is -0.115. The molecule has 0 saturated carbocycles. The van der Waals surface area contributed by atoms with E-state index in [-0.39, 0.29) is 17.9 Å². The van der Waals surface area contributed by atoms with Crippen LogP contribution in [0.2, 0.25) is 0 Å². The van der Waals surface area contributed by atoms with E-state index >= 15 is 0 Å². The van der Waals surface area contributed by atoms with Crippen LogP contribution >= 0.6 is 23.1 Å². The predicted octanol–water partition coefficient (Wildman–Crippen LogP) is 5.64. The van der Waals surface area contributed by atoms with E-state index in [1.807, 2.05) is 78.2 Å². The number of thioether (sulfide) groups is 1.